The molecule has 1 atom stereocenters. The van der Waals surface area contributed by atoms with Crippen molar-refractivity contribution in [3.63, 3.8) is 0 Å². The van der Waals surface area contributed by atoms with Crippen LogP contribution in [0.4, 0.5) is 0 Å². The molecule has 1 saturated carbocycles. The first kappa shape index (κ1) is 12.6. The molecule has 0 aromatic carbocycles. The molecule has 1 aromatic heterocycles. The predicted octanol–water partition coefficient (Wildman–Crippen LogP) is 1.46. The number of likely N-dealkylation sites (N-methyl/N-ethyl adjacent to an activating group) is 1. The van der Waals surface area contributed by atoms with Gasteiger partial charge in [-0.3, -0.25) is 9.58 Å². The zero-order chi connectivity index (χ0) is 12.4. The molecule has 0 aliphatic heterocycles. The molecule has 0 saturated heterocycles. The Morgan fingerprint density at radius 1 is 1.59 bits per heavy atom. The summed E-state index contributed by atoms with van der Waals surface area (Å²) < 4.78 is 1.88. The number of rotatable bonds is 5. The van der Waals surface area contributed by atoms with E-state index in [0.717, 1.165) is 18.2 Å². The van der Waals surface area contributed by atoms with Gasteiger partial charge in [0.25, 0.3) is 0 Å². The van der Waals surface area contributed by atoms with Crippen molar-refractivity contribution >= 4 is 0 Å². The van der Waals surface area contributed by atoms with Crippen LogP contribution in [0.25, 0.3) is 0 Å². The van der Waals surface area contributed by atoms with Crippen molar-refractivity contribution in [3.8, 4) is 0 Å². The third kappa shape index (κ3) is 2.69. The lowest BCUT2D eigenvalue weighted by Gasteiger charge is -2.34. The van der Waals surface area contributed by atoms with Gasteiger partial charge < -0.3 is 5.73 Å². The summed E-state index contributed by atoms with van der Waals surface area (Å²) in [5.41, 5.74) is 8.32. The number of hydrogen-bond acceptors (Lipinski definition) is 3. The molecule has 96 valence electrons. The van der Waals surface area contributed by atoms with Gasteiger partial charge in [0.2, 0.25) is 0 Å². The molecule has 1 aliphatic carbocycles. The van der Waals surface area contributed by atoms with Gasteiger partial charge in [-0.15, -0.1) is 0 Å². The van der Waals surface area contributed by atoms with E-state index in [0.29, 0.717) is 12.6 Å². The third-order valence-corrected chi connectivity index (χ3v) is 3.94. The molecule has 0 amide bonds. The third-order valence-electron chi connectivity index (χ3n) is 3.94. The molecule has 0 spiro atoms. The molecule has 1 unspecified atom stereocenters. The van der Waals surface area contributed by atoms with E-state index in [2.05, 4.69) is 30.2 Å². The fraction of sp³-hybridized carbons (Fsp3) is 0.769. The Balaban J connectivity index is 2.06. The molecule has 2 rings (SSSR count). The van der Waals surface area contributed by atoms with Crippen LogP contribution < -0.4 is 5.73 Å². The van der Waals surface area contributed by atoms with Gasteiger partial charge in [-0.05, 0) is 32.7 Å². The van der Waals surface area contributed by atoms with Crippen molar-refractivity contribution in [2.45, 2.75) is 32.2 Å². The zero-order valence-corrected chi connectivity index (χ0v) is 11.2. The Labute approximate surface area is 104 Å². The molecule has 4 nitrogen and oxygen atoms in total. The predicted molar refractivity (Wildman–Crippen MR) is 69.7 cm³/mol. The van der Waals surface area contributed by atoms with Crippen molar-refractivity contribution in [2.24, 2.45) is 18.7 Å². The Morgan fingerprint density at radius 3 is 2.71 bits per heavy atom. The van der Waals surface area contributed by atoms with Crippen LogP contribution in [0.5, 0.6) is 0 Å². The average Bonchev–Trinajstić information content (AvgIpc) is 2.53. The van der Waals surface area contributed by atoms with E-state index in [4.69, 9.17) is 5.73 Å². The highest BCUT2D eigenvalue weighted by atomic mass is 15.3. The quantitative estimate of drug-likeness (QED) is 0.842. The monoisotopic (exact) mass is 236 g/mol. The average molecular weight is 236 g/mol. The minimum Gasteiger partial charge on any atom is -0.329 e. The van der Waals surface area contributed by atoms with Crippen LogP contribution in [0.2, 0.25) is 0 Å². The van der Waals surface area contributed by atoms with Gasteiger partial charge in [0.1, 0.15) is 0 Å². The van der Waals surface area contributed by atoms with Gasteiger partial charge in [-0.1, -0.05) is 6.42 Å². The van der Waals surface area contributed by atoms with Crippen LogP contribution in [-0.4, -0.2) is 34.8 Å². The van der Waals surface area contributed by atoms with Gasteiger partial charge >= 0.3 is 0 Å². The summed E-state index contributed by atoms with van der Waals surface area (Å²) in [4.78, 5) is 2.40. The molecular formula is C13H24N4. The maximum Gasteiger partial charge on any atom is 0.0641 e. The van der Waals surface area contributed by atoms with E-state index in [1.165, 1.54) is 24.8 Å². The van der Waals surface area contributed by atoms with Gasteiger partial charge in [-0.25, -0.2) is 0 Å². The first-order valence-corrected chi connectivity index (χ1v) is 6.52. The summed E-state index contributed by atoms with van der Waals surface area (Å²) in [6, 6.07) is 0.310. The molecule has 1 fully saturated rings. The van der Waals surface area contributed by atoms with Crippen LogP contribution in [0, 0.1) is 12.8 Å². The van der Waals surface area contributed by atoms with Gasteiger partial charge in [0.15, 0.2) is 0 Å². The molecule has 4 heteroatoms. The van der Waals surface area contributed by atoms with Crippen molar-refractivity contribution in [3.05, 3.63) is 17.5 Å². The highest BCUT2D eigenvalue weighted by Gasteiger charge is 2.25. The summed E-state index contributed by atoms with van der Waals surface area (Å²) in [7, 11) is 4.15. The summed E-state index contributed by atoms with van der Waals surface area (Å²) in [6.07, 6.45) is 6.27. The molecule has 1 aliphatic rings. The van der Waals surface area contributed by atoms with E-state index >= 15 is 0 Å². The molecule has 1 heterocycles. The van der Waals surface area contributed by atoms with Crippen LogP contribution in [-0.2, 0) is 7.05 Å². The van der Waals surface area contributed by atoms with Crippen molar-refractivity contribution in [1.29, 1.82) is 0 Å². The van der Waals surface area contributed by atoms with Gasteiger partial charge in [-0.2, -0.15) is 5.10 Å². The summed E-state index contributed by atoms with van der Waals surface area (Å²) >= 11 is 0. The molecule has 0 bridgehead atoms. The van der Waals surface area contributed by atoms with E-state index in [9.17, 15) is 0 Å². The second-order valence-corrected chi connectivity index (χ2v) is 5.33. The minimum absolute atomic E-state index is 0.310. The largest absolute Gasteiger partial charge is 0.329 e. The fourth-order valence-electron chi connectivity index (χ4n) is 2.70. The number of aryl methyl sites for hydroxylation is 2. The molecule has 2 N–H and O–H groups in total. The molecule has 0 radical (unpaired) electrons. The molecule has 1 aromatic rings. The van der Waals surface area contributed by atoms with Crippen molar-refractivity contribution < 1.29 is 0 Å². The summed E-state index contributed by atoms with van der Waals surface area (Å²) in [6.45, 7) is 3.89. The number of aromatic nitrogens is 2. The lowest BCUT2D eigenvalue weighted by molar-refractivity contribution is 0.164. The van der Waals surface area contributed by atoms with E-state index in [1.54, 1.807) is 0 Å². The Hall–Kier alpha value is -0.870. The Kier molecular flexibility index (Phi) is 3.84. The lowest BCUT2D eigenvalue weighted by Crippen LogP contribution is -2.36. The minimum atomic E-state index is 0.310. The van der Waals surface area contributed by atoms with Crippen LogP contribution >= 0.6 is 0 Å². The van der Waals surface area contributed by atoms with Crippen LogP contribution in [0.1, 0.15) is 36.6 Å². The second kappa shape index (κ2) is 5.19. The number of nitrogens with zero attached hydrogens (tertiary/aromatic N) is 3. The normalized spacial score (nSPS) is 18.4. The van der Waals surface area contributed by atoms with E-state index in [1.807, 2.05) is 11.7 Å². The lowest BCUT2D eigenvalue weighted by atomic mass is 9.85. The highest BCUT2D eigenvalue weighted by Crippen LogP contribution is 2.30. The number of hydrogen-bond donors (Lipinski definition) is 1. The Bertz CT molecular complexity index is 367. The molecule has 17 heavy (non-hydrogen) atoms. The van der Waals surface area contributed by atoms with Crippen LogP contribution in [0.15, 0.2) is 6.20 Å². The van der Waals surface area contributed by atoms with E-state index < -0.39 is 0 Å². The van der Waals surface area contributed by atoms with Crippen molar-refractivity contribution in [2.75, 3.05) is 20.1 Å². The van der Waals surface area contributed by atoms with Gasteiger partial charge in [0, 0.05) is 31.9 Å². The fourth-order valence-corrected chi connectivity index (χ4v) is 2.70. The first-order chi connectivity index (χ1) is 8.11. The SMILES string of the molecule is Cc1nn(C)cc1C(CN)N(C)CC1CCC1. The second-order valence-electron chi connectivity index (χ2n) is 5.33. The highest BCUT2D eigenvalue weighted by molar-refractivity contribution is 5.20. The standard InChI is InChI=1S/C13H24N4/c1-10-12(9-17(3)15-10)13(7-14)16(2)8-11-5-4-6-11/h9,11,13H,4-8,14H2,1-3H3. The topological polar surface area (TPSA) is 47.1 Å². The smallest absolute Gasteiger partial charge is 0.0641 e. The van der Waals surface area contributed by atoms with E-state index in [-0.39, 0.29) is 0 Å². The number of nitrogens with two attached hydrogens (primary N) is 1. The maximum absolute atomic E-state index is 5.94. The van der Waals surface area contributed by atoms with Crippen LogP contribution in [0.3, 0.4) is 0 Å². The van der Waals surface area contributed by atoms with Gasteiger partial charge in [0.05, 0.1) is 11.7 Å². The first-order valence-electron chi connectivity index (χ1n) is 6.52. The maximum atomic E-state index is 5.94. The zero-order valence-electron chi connectivity index (χ0n) is 11.2. The summed E-state index contributed by atoms with van der Waals surface area (Å²) in [5, 5.41) is 4.41. The Morgan fingerprint density at radius 2 is 2.29 bits per heavy atom. The molecular weight excluding hydrogens is 212 g/mol. The van der Waals surface area contributed by atoms with Crippen molar-refractivity contribution in [1.82, 2.24) is 14.7 Å². The summed E-state index contributed by atoms with van der Waals surface area (Å²) in [5.74, 6) is 0.881.